The van der Waals surface area contributed by atoms with Crippen molar-refractivity contribution in [3.63, 3.8) is 0 Å². The Hall–Kier alpha value is -3.77. The molecule has 0 bridgehead atoms. The van der Waals surface area contributed by atoms with Crippen molar-refractivity contribution >= 4 is 28.5 Å². The minimum Gasteiger partial charge on any atom is -0.497 e. The van der Waals surface area contributed by atoms with E-state index < -0.39 is 11.4 Å². The Kier molecular flexibility index (Phi) is 7.42. The first-order valence-electron chi connectivity index (χ1n) is 11.2. The summed E-state index contributed by atoms with van der Waals surface area (Å²) in [5.41, 5.74) is 2.40. The average molecular weight is 493 g/mol. The largest absolute Gasteiger partial charge is 0.497 e. The summed E-state index contributed by atoms with van der Waals surface area (Å²) < 4.78 is 22.6. The predicted molar refractivity (Wildman–Crippen MR) is 136 cm³/mol. The van der Waals surface area contributed by atoms with E-state index >= 15 is 0 Å². The highest BCUT2D eigenvalue weighted by molar-refractivity contribution is 6.30. The predicted octanol–water partition coefficient (Wildman–Crippen LogP) is 6.50. The van der Waals surface area contributed by atoms with Crippen LogP contribution < -0.4 is 19.6 Å². The van der Waals surface area contributed by atoms with Gasteiger partial charge in [0, 0.05) is 17.0 Å². The summed E-state index contributed by atoms with van der Waals surface area (Å²) in [7, 11) is 1.57. The molecule has 0 saturated carbocycles. The summed E-state index contributed by atoms with van der Waals surface area (Å²) in [6, 6.07) is 17.7. The van der Waals surface area contributed by atoms with Gasteiger partial charge < -0.3 is 18.6 Å². The van der Waals surface area contributed by atoms with Gasteiger partial charge in [0.1, 0.15) is 17.1 Å². The first kappa shape index (κ1) is 24.4. The topological polar surface area (TPSA) is 75.0 Å². The van der Waals surface area contributed by atoms with Crippen LogP contribution >= 0.6 is 11.6 Å². The number of hydrogen-bond donors (Lipinski definition) is 0. The Morgan fingerprint density at radius 3 is 2.34 bits per heavy atom. The molecule has 0 aliphatic rings. The van der Waals surface area contributed by atoms with E-state index in [1.54, 1.807) is 61.7 Å². The van der Waals surface area contributed by atoms with Crippen LogP contribution in [0.2, 0.25) is 5.02 Å². The van der Waals surface area contributed by atoms with Gasteiger partial charge in [0.15, 0.2) is 5.76 Å². The third kappa shape index (κ3) is 5.66. The van der Waals surface area contributed by atoms with Crippen molar-refractivity contribution in [1.82, 2.24) is 0 Å². The van der Waals surface area contributed by atoms with Crippen LogP contribution in [-0.4, -0.2) is 19.7 Å². The van der Waals surface area contributed by atoms with Crippen LogP contribution in [0.15, 0.2) is 69.9 Å². The highest BCUT2D eigenvalue weighted by Crippen LogP contribution is 2.33. The lowest BCUT2D eigenvalue weighted by Gasteiger charge is -2.13. The SMILES string of the molecule is COc1ccc(-c2oc3c(C)cc(C)cc3c(=O)c2OC(=O)CCCOc2ccc(Cl)cc2)cc1. The molecule has 0 atom stereocenters. The molecule has 0 aliphatic heterocycles. The number of benzene rings is 3. The minimum absolute atomic E-state index is 0.0694. The first-order valence-corrected chi connectivity index (χ1v) is 11.5. The minimum atomic E-state index is -0.546. The van der Waals surface area contributed by atoms with Gasteiger partial charge in [0.25, 0.3) is 0 Å². The lowest BCUT2D eigenvalue weighted by molar-refractivity contribution is -0.134. The van der Waals surface area contributed by atoms with Crippen LogP contribution in [0.1, 0.15) is 24.0 Å². The number of rotatable bonds is 8. The fourth-order valence-electron chi connectivity index (χ4n) is 3.76. The van der Waals surface area contributed by atoms with Crippen LogP contribution in [0.5, 0.6) is 17.2 Å². The number of esters is 1. The third-order valence-corrected chi connectivity index (χ3v) is 5.71. The maximum absolute atomic E-state index is 13.4. The normalized spacial score (nSPS) is 10.9. The molecule has 1 aromatic heterocycles. The lowest BCUT2D eigenvalue weighted by Crippen LogP contribution is -2.17. The highest BCUT2D eigenvalue weighted by Gasteiger charge is 2.21. The molecule has 180 valence electrons. The van der Waals surface area contributed by atoms with Gasteiger partial charge in [-0.1, -0.05) is 17.7 Å². The molecule has 0 fully saturated rings. The first-order chi connectivity index (χ1) is 16.9. The molecule has 35 heavy (non-hydrogen) atoms. The summed E-state index contributed by atoms with van der Waals surface area (Å²) >= 11 is 5.87. The van der Waals surface area contributed by atoms with E-state index in [0.29, 0.717) is 46.1 Å². The molecule has 0 spiro atoms. The molecular weight excluding hydrogens is 468 g/mol. The molecule has 4 aromatic rings. The number of carbonyl (C=O) groups excluding carboxylic acids is 1. The van der Waals surface area contributed by atoms with Crippen molar-refractivity contribution in [3.8, 4) is 28.6 Å². The maximum atomic E-state index is 13.4. The molecule has 6 nitrogen and oxygen atoms in total. The Morgan fingerprint density at radius 2 is 1.66 bits per heavy atom. The van der Waals surface area contributed by atoms with Gasteiger partial charge in [0.2, 0.25) is 11.2 Å². The molecule has 3 aromatic carbocycles. The molecular formula is C28H25ClO6. The average Bonchev–Trinajstić information content (AvgIpc) is 2.85. The Labute approximate surface area is 208 Å². The van der Waals surface area contributed by atoms with E-state index in [0.717, 1.165) is 11.1 Å². The summed E-state index contributed by atoms with van der Waals surface area (Å²) in [6.07, 6.45) is 0.483. The van der Waals surface area contributed by atoms with Gasteiger partial charge >= 0.3 is 5.97 Å². The van der Waals surface area contributed by atoms with Crippen LogP contribution in [0.25, 0.3) is 22.3 Å². The number of aryl methyl sites for hydroxylation is 2. The molecule has 1 heterocycles. The second-order valence-corrected chi connectivity index (χ2v) is 8.59. The molecule has 0 N–H and O–H groups in total. The standard InChI is InChI=1S/C28H25ClO6/c1-17-15-18(2)26-23(16-17)25(31)28(27(35-26)19-6-10-21(32-3)11-7-19)34-24(30)5-4-14-33-22-12-8-20(29)9-13-22/h6-13,15-16H,4-5,14H2,1-3H3. The van der Waals surface area contributed by atoms with E-state index in [-0.39, 0.29) is 17.9 Å². The van der Waals surface area contributed by atoms with E-state index in [2.05, 4.69) is 0 Å². The van der Waals surface area contributed by atoms with Crippen molar-refractivity contribution in [2.45, 2.75) is 26.7 Å². The van der Waals surface area contributed by atoms with Crippen molar-refractivity contribution in [3.05, 3.63) is 87.0 Å². The fourth-order valence-corrected chi connectivity index (χ4v) is 3.89. The monoisotopic (exact) mass is 492 g/mol. The number of halogens is 1. The second-order valence-electron chi connectivity index (χ2n) is 8.16. The molecule has 0 unspecified atom stereocenters. The zero-order chi connectivity index (χ0) is 24.9. The number of methoxy groups -OCH3 is 1. The third-order valence-electron chi connectivity index (χ3n) is 5.46. The molecule has 0 radical (unpaired) electrons. The van der Waals surface area contributed by atoms with E-state index in [1.165, 1.54) is 0 Å². The van der Waals surface area contributed by atoms with Gasteiger partial charge in [-0.25, -0.2) is 0 Å². The smallest absolute Gasteiger partial charge is 0.311 e. The van der Waals surface area contributed by atoms with Gasteiger partial charge in [-0.15, -0.1) is 0 Å². The maximum Gasteiger partial charge on any atom is 0.311 e. The number of fused-ring (bicyclic) bond motifs is 1. The number of carbonyl (C=O) groups is 1. The van der Waals surface area contributed by atoms with Gasteiger partial charge in [-0.3, -0.25) is 9.59 Å². The van der Waals surface area contributed by atoms with Crippen molar-refractivity contribution in [1.29, 1.82) is 0 Å². The van der Waals surface area contributed by atoms with Gasteiger partial charge in [-0.2, -0.15) is 0 Å². The quantitative estimate of drug-likeness (QED) is 0.206. The molecule has 0 aliphatic carbocycles. The molecule has 7 heteroatoms. The van der Waals surface area contributed by atoms with Crippen LogP contribution in [0.3, 0.4) is 0 Å². The van der Waals surface area contributed by atoms with Crippen molar-refractivity contribution in [2.24, 2.45) is 0 Å². The highest BCUT2D eigenvalue weighted by atomic mass is 35.5. The van der Waals surface area contributed by atoms with Crippen molar-refractivity contribution < 1.29 is 23.4 Å². The second kappa shape index (κ2) is 10.7. The van der Waals surface area contributed by atoms with Crippen LogP contribution in [-0.2, 0) is 4.79 Å². The Morgan fingerprint density at radius 1 is 0.971 bits per heavy atom. The lowest BCUT2D eigenvalue weighted by atomic mass is 10.1. The Balaban J connectivity index is 1.59. The van der Waals surface area contributed by atoms with Crippen LogP contribution in [0, 0.1) is 13.8 Å². The fraction of sp³-hybridized carbons (Fsp3) is 0.214. The van der Waals surface area contributed by atoms with Gasteiger partial charge in [0.05, 0.1) is 19.1 Å². The summed E-state index contributed by atoms with van der Waals surface area (Å²) in [5, 5.41) is 0.988. The summed E-state index contributed by atoms with van der Waals surface area (Å²) in [4.78, 5) is 26.1. The van der Waals surface area contributed by atoms with E-state index in [1.807, 2.05) is 19.9 Å². The zero-order valence-corrected chi connectivity index (χ0v) is 20.5. The van der Waals surface area contributed by atoms with E-state index in [9.17, 15) is 9.59 Å². The van der Waals surface area contributed by atoms with Crippen LogP contribution in [0.4, 0.5) is 0 Å². The number of hydrogen-bond acceptors (Lipinski definition) is 6. The van der Waals surface area contributed by atoms with E-state index in [4.69, 9.17) is 30.2 Å². The molecule has 0 saturated heterocycles. The molecule has 4 rings (SSSR count). The zero-order valence-electron chi connectivity index (χ0n) is 19.7. The summed E-state index contributed by atoms with van der Waals surface area (Å²) in [5.74, 6) is 0.836. The van der Waals surface area contributed by atoms with Gasteiger partial charge in [-0.05, 0) is 86.0 Å². The summed E-state index contributed by atoms with van der Waals surface area (Å²) in [6.45, 7) is 4.09. The number of ether oxygens (including phenoxy) is 3. The van der Waals surface area contributed by atoms with Crippen molar-refractivity contribution in [2.75, 3.05) is 13.7 Å². The molecule has 0 amide bonds. The Bertz CT molecular complexity index is 1410.